The predicted octanol–water partition coefficient (Wildman–Crippen LogP) is 4.32. The van der Waals surface area contributed by atoms with Gasteiger partial charge in [0.1, 0.15) is 19.8 Å². The van der Waals surface area contributed by atoms with E-state index in [1.807, 2.05) is 0 Å². The summed E-state index contributed by atoms with van der Waals surface area (Å²) in [5.74, 6) is 1.25. The number of unbranched alkanes of at least 4 members (excludes halogenated alkanes) is 1. The van der Waals surface area contributed by atoms with Crippen molar-refractivity contribution in [3.8, 4) is 23.0 Å². The Morgan fingerprint density at radius 1 is 1.11 bits per heavy atom. The molecule has 0 bridgehead atoms. The van der Waals surface area contributed by atoms with Crippen molar-refractivity contribution in [1.82, 2.24) is 4.90 Å². The average molecular weight is 499 g/mol. The second-order valence-corrected chi connectivity index (χ2v) is 8.78. The molecule has 0 atom stereocenters. The van der Waals surface area contributed by atoms with Gasteiger partial charge in [0.05, 0.1) is 18.6 Å². The van der Waals surface area contributed by atoms with Gasteiger partial charge < -0.3 is 24.3 Å². The van der Waals surface area contributed by atoms with Crippen LogP contribution in [0, 0.1) is 0 Å². The molecule has 2 aliphatic heterocycles. The molecule has 9 nitrogen and oxygen atoms in total. The fourth-order valence-corrected chi connectivity index (χ4v) is 4.31. The summed E-state index contributed by atoms with van der Waals surface area (Å²) < 4.78 is 22.1. The van der Waals surface area contributed by atoms with Crippen molar-refractivity contribution >= 4 is 40.6 Å². The zero-order chi connectivity index (χ0) is 24.8. The van der Waals surface area contributed by atoms with Gasteiger partial charge in [-0.05, 0) is 54.1 Å². The van der Waals surface area contributed by atoms with Crippen LogP contribution in [-0.4, -0.2) is 55.4 Å². The third-order valence-electron chi connectivity index (χ3n) is 5.24. The highest BCUT2D eigenvalue weighted by Crippen LogP contribution is 2.35. The van der Waals surface area contributed by atoms with Crippen LogP contribution in [0.1, 0.15) is 25.3 Å². The van der Waals surface area contributed by atoms with E-state index in [9.17, 15) is 14.4 Å². The second-order valence-electron chi connectivity index (χ2n) is 7.79. The van der Waals surface area contributed by atoms with Gasteiger partial charge >= 0.3 is 0 Å². The number of hydrogen-bond acceptors (Lipinski definition) is 8. The topological polar surface area (TPSA) is 103 Å². The number of amides is 3. The van der Waals surface area contributed by atoms with Gasteiger partial charge in [0, 0.05) is 11.8 Å². The van der Waals surface area contributed by atoms with Crippen molar-refractivity contribution in [2.75, 3.05) is 38.8 Å². The lowest BCUT2D eigenvalue weighted by molar-refractivity contribution is -0.127. The molecule has 1 fully saturated rings. The zero-order valence-corrected chi connectivity index (χ0v) is 20.3. The minimum absolute atomic E-state index is 0.226. The van der Waals surface area contributed by atoms with E-state index in [0.29, 0.717) is 54.1 Å². The number of carbonyl (C=O) groups excluding carboxylic acids is 3. The van der Waals surface area contributed by atoms with E-state index in [2.05, 4.69) is 12.2 Å². The van der Waals surface area contributed by atoms with Gasteiger partial charge in [-0.1, -0.05) is 19.4 Å². The lowest BCUT2D eigenvalue weighted by Gasteiger charge is -2.19. The number of thioether (sulfide) groups is 1. The molecule has 1 saturated heterocycles. The van der Waals surface area contributed by atoms with Gasteiger partial charge in [0.15, 0.2) is 23.0 Å². The highest BCUT2D eigenvalue weighted by atomic mass is 32.2. The van der Waals surface area contributed by atoms with Gasteiger partial charge in [-0.3, -0.25) is 19.3 Å². The first-order valence-electron chi connectivity index (χ1n) is 11.2. The standard InChI is InChI=1S/C25H26N2O7S/c1-3-4-9-32-18-7-5-16(12-20(18)31-2)13-22-24(29)27(25(30)35-22)15-23(28)26-17-6-8-19-21(14-17)34-11-10-33-19/h5-8,12-14H,3-4,9-11,15H2,1-2H3,(H,26,28)/b22-13-. The summed E-state index contributed by atoms with van der Waals surface area (Å²) in [6.45, 7) is 3.16. The summed E-state index contributed by atoms with van der Waals surface area (Å²) in [6.07, 6.45) is 3.55. The van der Waals surface area contributed by atoms with Crippen molar-refractivity contribution in [2.24, 2.45) is 0 Å². The number of hydrogen-bond donors (Lipinski definition) is 1. The monoisotopic (exact) mass is 498 g/mol. The number of methoxy groups -OCH3 is 1. The predicted molar refractivity (Wildman–Crippen MR) is 132 cm³/mol. The van der Waals surface area contributed by atoms with Crippen molar-refractivity contribution in [3.63, 3.8) is 0 Å². The first kappa shape index (κ1) is 24.5. The summed E-state index contributed by atoms with van der Waals surface area (Å²) in [4.78, 5) is 39.0. The highest BCUT2D eigenvalue weighted by molar-refractivity contribution is 8.18. The first-order chi connectivity index (χ1) is 17.0. The van der Waals surface area contributed by atoms with Gasteiger partial charge in [-0.2, -0.15) is 0 Å². The Kier molecular flexibility index (Phi) is 7.81. The van der Waals surface area contributed by atoms with E-state index in [1.54, 1.807) is 49.6 Å². The lowest BCUT2D eigenvalue weighted by atomic mass is 10.2. The molecule has 0 aromatic heterocycles. The van der Waals surface area contributed by atoms with E-state index in [-0.39, 0.29) is 4.91 Å². The SMILES string of the molecule is CCCCOc1ccc(/C=C2\SC(=O)N(CC(=O)Nc3ccc4c(c3)OCCO4)C2=O)cc1OC. The van der Waals surface area contributed by atoms with Crippen LogP contribution in [0.5, 0.6) is 23.0 Å². The fraction of sp³-hybridized carbons (Fsp3) is 0.320. The number of imide groups is 1. The van der Waals surface area contributed by atoms with Crippen LogP contribution in [0.15, 0.2) is 41.3 Å². The second kappa shape index (κ2) is 11.2. The molecule has 0 radical (unpaired) electrons. The normalized spacial score (nSPS) is 15.9. The summed E-state index contributed by atoms with van der Waals surface area (Å²) >= 11 is 0.788. The number of nitrogens with zero attached hydrogens (tertiary/aromatic N) is 1. The first-order valence-corrected chi connectivity index (χ1v) is 12.1. The van der Waals surface area contributed by atoms with E-state index in [1.165, 1.54) is 0 Å². The van der Waals surface area contributed by atoms with Gasteiger partial charge in [-0.15, -0.1) is 0 Å². The van der Waals surface area contributed by atoms with E-state index < -0.39 is 23.6 Å². The minimum Gasteiger partial charge on any atom is -0.493 e. The maximum absolute atomic E-state index is 12.8. The van der Waals surface area contributed by atoms with Crippen molar-refractivity contribution < 1.29 is 33.3 Å². The van der Waals surface area contributed by atoms with Crippen molar-refractivity contribution in [1.29, 1.82) is 0 Å². The zero-order valence-electron chi connectivity index (χ0n) is 19.5. The maximum Gasteiger partial charge on any atom is 0.294 e. The highest BCUT2D eigenvalue weighted by Gasteiger charge is 2.36. The molecule has 2 heterocycles. The molecule has 184 valence electrons. The Morgan fingerprint density at radius 2 is 1.91 bits per heavy atom. The molecule has 3 amide bonds. The van der Waals surface area contributed by atoms with Gasteiger partial charge in [0.2, 0.25) is 5.91 Å². The summed E-state index contributed by atoms with van der Waals surface area (Å²) in [7, 11) is 1.54. The van der Waals surface area contributed by atoms with Crippen LogP contribution in [0.2, 0.25) is 0 Å². The Labute approximate surface area is 207 Å². The fourth-order valence-electron chi connectivity index (χ4n) is 3.47. The Balaban J connectivity index is 1.41. The van der Waals surface area contributed by atoms with Crippen LogP contribution >= 0.6 is 11.8 Å². The van der Waals surface area contributed by atoms with Crippen molar-refractivity contribution in [3.05, 3.63) is 46.9 Å². The summed E-state index contributed by atoms with van der Waals surface area (Å²) in [6, 6.07) is 10.3. The van der Waals surface area contributed by atoms with Gasteiger partial charge in [0.25, 0.3) is 11.1 Å². The molecule has 2 aromatic carbocycles. The summed E-state index contributed by atoms with van der Waals surface area (Å²) in [5.41, 5.74) is 1.16. The Hall–Kier alpha value is -3.66. The molecule has 0 saturated carbocycles. The van der Waals surface area contributed by atoms with Crippen LogP contribution in [0.25, 0.3) is 6.08 Å². The summed E-state index contributed by atoms with van der Waals surface area (Å²) in [5, 5.41) is 2.18. The van der Waals surface area contributed by atoms with Crippen LogP contribution in [0.3, 0.4) is 0 Å². The molecular weight excluding hydrogens is 472 g/mol. The number of nitrogens with one attached hydrogen (secondary N) is 1. The number of fused-ring (bicyclic) bond motifs is 1. The van der Waals surface area contributed by atoms with Crippen LogP contribution in [0.4, 0.5) is 10.5 Å². The van der Waals surface area contributed by atoms with Crippen LogP contribution < -0.4 is 24.3 Å². The van der Waals surface area contributed by atoms with E-state index in [0.717, 1.165) is 29.5 Å². The number of rotatable bonds is 9. The quantitative estimate of drug-likeness (QED) is 0.403. The number of benzene rings is 2. The molecule has 0 spiro atoms. The van der Waals surface area contributed by atoms with E-state index >= 15 is 0 Å². The molecule has 1 N–H and O–H groups in total. The Bertz CT molecular complexity index is 1160. The molecule has 4 rings (SSSR count). The number of ether oxygens (including phenoxy) is 4. The van der Waals surface area contributed by atoms with Gasteiger partial charge in [-0.25, -0.2) is 0 Å². The van der Waals surface area contributed by atoms with Crippen LogP contribution in [-0.2, 0) is 9.59 Å². The largest absolute Gasteiger partial charge is 0.493 e. The number of anilines is 1. The average Bonchev–Trinajstić information content (AvgIpc) is 3.12. The van der Waals surface area contributed by atoms with Crippen molar-refractivity contribution in [2.45, 2.75) is 19.8 Å². The maximum atomic E-state index is 12.8. The Morgan fingerprint density at radius 3 is 2.69 bits per heavy atom. The smallest absolute Gasteiger partial charge is 0.294 e. The molecule has 10 heteroatoms. The van der Waals surface area contributed by atoms with E-state index in [4.69, 9.17) is 18.9 Å². The minimum atomic E-state index is -0.528. The molecule has 35 heavy (non-hydrogen) atoms. The number of carbonyl (C=O) groups is 3. The lowest BCUT2D eigenvalue weighted by Crippen LogP contribution is -2.36. The third-order valence-corrected chi connectivity index (χ3v) is 6.15. The molecule has 2 aliphatic rings. The molecular formula is C25H26N2O7S. The third kappa shape index (κ3) is 5.89. The molecule has 2 aromatic rings. The molecule has 0 aliphatic carbocycles. The molecule has 0 unspecified atom stereocenters.